The highest BCUT2D eigenvalue weighted by Crippen LogP contribution is 2.37. The summed E-state index contributed by atoms with van der Waals surface area (Å²) in [4.78, 5) is 11.4. The lowest BCUT2D eigenvalue weighted by Gasteiger charge is -2.27. The van der Waals surface area contributed by atoms with Crippen LogP contribution in [0.25, 0.3) is 0 Å². The number of rotatable bonds is 10. The molecule has 0 saturated carbocycles. The van der Waals surface area contributed by atoms with Crippen molar-refractivity contribution >= 4 is 6.29 Å². The number of carbonyl (C=O) groups is 1. The van der Waals surface area contributed by atoms with Crippen molar-refractivity contribution in [3.8, 4) is 11.5 Å². The van der Waals surface area contributed by atoms with Gasteiger partial charge in [0, 0.05) is 12.0 Å². The van der Waals surface area contributed by atoms with Gasteiger partial charge in [0.05, 0.1) is 6.61 Å². The summed E-state index contributed by atoms with van der Waals surface area (Å²) >= 11 is 0. The summed E-state index contributed by atoms with van der Waals surface area (Å²) in [5.74, 6) is 1.59. The molecule has 0 aliphatic carbocycles. The van der Waals surface area contributed by atoms with Crippen molar-refractivity contribution in [3.63, 3.8) is 0 Å². The van der Waals surface area contributed by atoms with E-state index in [0.717, 1.165) is 19.1 Å². The van der Waals surface area contributed by atoms with Gasteiger partial charge in [0.2, 0.25) is 0 Å². The van der Waals surface area contributed by atoms with Crippen molar-refractivity contribution in [3.05, 3.63) is 95.1 Å². The molecule has 0 N–H and O–H groups in total. The van der Waals surface area contributed by atoms with Crippen LogP contribution in [0.4, 0.5) is 0 Å². The molecule has 0 saturated heterocycles. The van der Waals surface area contributed by atoms with E-state index in [1.54, 1.807) is 12.1 Å². The molecule has 0 radical (unpaired) electrons. The third-order valence-corrected chi connectivity index (χ3v) is 5.50. The Labute approximate surface area is 179 Å². The zero-order chi connectivity index (χ0) is 21.3. The number of aldehydes is 1. The maximum Gasteiger partial charge on any atom is 0.162 e. The van der Waals surface area contributed by atoms with Gasteiger partial charge in [-0.25, -0.2) is 0 Å². The minimum Gasteiger partial charge on any atom is -0.489 e. The van der Waals surface area contributed by atoms with E-state index in [2.05, 4.69) is 45.0 Å². The summed E-state index contributed by atoms with van der Waals surface area (Å²) in [6.07, 6.45) is 2.51. The molecule has 0 fully saturated rings. The van der Waals surface area contributed by atoms with E-state index in [-0.39, 0.29) is 6.10 Å². The Hall–Kier alpha value is -3.07. The minimum atomic E-state index is -0.116. The first kappa shape index (κ1) is 21.6. The standard InChI is InChI=1S/C27H30O3/c1-4-20(2)27(24-13-9-8-10-21(24)3)30-26-18-23(19-28)14-15-25(26)29-17-16-22-11-6-5-7-12-22/h5-15,18-20,27H,4,16-17H2,1-3H3. The molecule has 156 valence electrons. The van der Waals surface area contributed by atoms with Crippen molar-refractivity contribution in [1.29, 1.82) is 0 Å². The lowest BCUT2D eigenvalue weighted by atomic mass is 9.92. The highest BCUT2D eigenvalue weighted by atomic mass is 16.5. The number of aryl methyl sites for hydroxylation is 1. The van der Waals surface area contributed by atoms with Crippen LogP contribution in [0.1, 0.15) is 53.4 Å². The van der Waals surface area contributed by atoms with E-state index in [4.69, 9.17) is 9.47 Å². The Kier molecular flexibility index (Phi) is 7.67. The monoisotopic (exact) mass is 402 g/mol. The van der Waals surface area contributed by atoms with Crippen molar-refractivity contribution < 1.29 is 14.3 Å². The molecule has 0 aromatic heterocycles. The normalized spacial score (nSPS) is 12.8. The molecule has 3 heteroatoms. The van der Waals surface area contributed by atoms with E-state index in [0.29, 0.717) is 29.6 Å². The summed E-state index contributed by atoms with van der Waals surface area (Å²) in [7, 11) is 0. The summed E-state index contributed by atoms with van der Waals surface area (Å²) in [6.45, 7) is 7.00. The SMILES string of the molecule is CCC(C)C(Oc1cc(C=O)ccc1OCCc1ccccc1)c1ccccc1C. The quantitative estimate of drug-likeness (QED) is 0.359. The van der Waals surface area contributed by atoms with E-state index in [1.807, 2.05) is 36.4 Å². The molecular formula is C27H30O3. The summed E-state index contributed by atoms with van der Waals surface area (Å²) < 4.78 is 12.6. The molecule has 2 atom stereocenters. The molecule has 30 heavy (non-hydrogen) atoms. The molecule has 3 rings (SSSR count). The van der Waals surface area contributed by atoms with Crippen molar-refractivity contribution in [2.75, 3.05) is 6.61 Å². The van der Waals surface area contributed by atoms with Crippen LogP contribution in [0.15, 0.2) is 72.8 Å². The molecule has 0 bridgehead atoms. The fraction of sp³-hybridized carbons (Fsp3) is 0.296. The topological polar surface area (TPSA) is 35.5 Å². The average Bonchev–Trinajstić information content (AvgIpc) is 2.79. The lowest BCUT2D eigenvalue weighted by Crippen LogP contribution is -2.18. The number of benzene rings is 3. The number of carbonyl (C=O) groups excluding carboxylic acids is 1. The molecule has 0 heterocycles. The zero-order valence-electron chi connectivity index (χ0n) is 18.0. The predicted molar refractivity (Wildman–Crippen MR) is 121 cm³/mol. The van der Waals surface area contributed by atoms with Crippen LogP contribution in [-0.2, 0) is 6.42 Å². The van der Waals surface area contributed by atoms with Gasteiger partial charge < -0.3 is 9.47 Å². The maximum atomic E-state index is 11.4. The Morgan fingerprint density at radius 3 is 2.37 bits per heavy atom. The van der Waals surface area contributed by atoms with Gasteiger partial charge in [-0.05, 0) is 54.2 Å². The van der Waals surface area contributed by atoms with Crippen LogP contribution in [0.2, 0.25) is 0 Å². The van der Waals surface area contributed by atoms with E-state index in [1.165, 1.54) is 16.7 Å². The third-order valence-electron chi connectivity index (χ3n) is 5.50. The van der Waals surface area contributed by atoms with Gasteiger partial charge in [-0.3, -0.25) is 4.79 Å². The van der Waals surface area contributed by atoms with Crippen LogP contribution in [0.3, 0.4) is 0 Å². The molecular weight excluding hydrogens is 372 g/mol. The first-order valence-corrected chi connectivity index (χ1v) is 10.6. The van der Waals surface area contributed by atoms with Gasteiger partial charge in [0.1, 0.15) is 12.4 Å². The fourth-order valence-electron chi connectivity index (χ4n) is 3.48. The van der Waals surface area contributed by atoms with E-state index >= 15 is 0 Å². The molecule has 0 aliphatic heterocycles. The van der Waals surface area contributed by atoms with Gasteiger partial charge in [-0.1, -0.05) is 68.4 Å². The summed E-state index contributed by atoms with van der Waals surface area (Å²) in [5, 5.41) is 0. The molecule has 0 amide bonds. The van der Waals surface area contributed by atoms with Crippen LogP contribution < -0.4 is 9.47 Å². The van der Waals surface area contributed by atoms with Gasteiger partial charge >= 0.3 is 0 Å². The van der Waals surface area contributed by atoms with Crippen LogP contribution in [0, 0.1) is 12.8 Å². The molecule has 0 aliphatic rings. The first-order chi connectivity index (χ1) is 14.6. The van der Waals surface area contributed by atoms with Gasteiger partial charge in [-0.2, -0.15) is 0 Å². The van der Waals surface area contributed by atoms with E-state index in [9.17, 15) is 4.79 Å². The Morgan fingerprint density at radius 1 is 0.933 bits per heavy atom. The van der Waals surface area contributed by atoms with Crippen LogP contribution >= 0.6 is 0 Å². The van der Waals surface area contributed by atoms with E-state index < -0.39 is 0 Å². The third kappa shape index (κ3) is 5.50. The minimum absolute atomic E-state index is 0.116. The van der Waals surface area contributed by atoms with Crippen molar-refractivity contribution in [2.24, 2.45) is 5.92 Å². The lowest BCUT2D eigenvalue weighted by molar-refractivity contribution is 0.112. The second kappa shape index (κ2) is 10.6. The van der Waals surface area contributed by atoms with Crippen molar-refractivity contribution in [1.82, 2.24) is 0 Å². The highest BCUT2D eigenvalue weighted by molar-refractivity contribution is 5.76. The summed E-state index contributed by atoms with van der Waals surface area (Å²) in [5.41, 5.74) is 4.16. The predicted octanol–water partition coefficient (Wildman–Crippen LogP) is 6.60. The van der Waals surface area contributed by atoms with Crippen LogP contribution in [0.5, 0.6) is 11.5 Å². The van der Waals surface area contributed by atoms with Gasteiger partial charge in [0.25, 0.3) is 0 Å². The Bertz CT molecular complexity index is 949. The van der Waals surface area contributed by atoms with Crippen LogP contribution in [-0.4, -0.2) is 12.9 Å². The second-order valence-electron chi connectivity index (χ2n) is 7.69. The molecule has 2 unspecified atom stereocenters. The molecule has 3 aromatic rings. The average molecular weight is 403 g/mol. The molecule has 0 spiro atoms. The maximum absolute atomic E-state index is 11.4. The first-order valence-electron chi connectivity index (χ1n) is 10.6. The Morgan fingerprint density at radius 2 is 1.67 bits per heavy atom. The second-order valence-corrected chi connectivity index (χ2v) is 7.69. The van der Waals surface area contributed by atoms with Gasteiger partial charge in [-0.15, -0.1) is 0 Å². The number of hydrogen-bond acceptors (Lipinski definition) is 3. The molecule has 3 aromatic carbocycles. The zero-order valence-corrected chi connectivity index (χ0v) is 18.0. The number of ether oxygens (including phenoxy) is 2. The Balaban J connectivity index is 1.84. The van der Waals surface area contributed by atoms with Gasteiger partial charge in [0.15, 0.2) is 11.5 Å². The fourth-order valence-corrected chi connectivity index (χ4v) is 3.48. The highest BCUT2D eigenvalue weighted by Gasteiger charge is 2.23. The largest absolute Gasteiger partial charge is 0.489 e. The summed E-state index contributed by atoms with van der Waals surface area (Å²) in [6, 6.07) is 23.9. The van der Waals surface area contributed by atoms with Crippen molar-refractivity contribution in [2.45, 2.75) is 39.7 Å². The molecule has 3 nitrogen and oxygen atoms in total. The smallest absolute Gasteiger partial charge is 0.162 e. The number of hydrogen-bond donors (Lipinski definition) is 0.